The number of hydrogen-bond donors (Lipinski definition) is 1. The van der Waals surface area contributed by atoms with Crippen molar-refractivity contribution in [2.45, 2.75) is 25.4 Å². The Morgan fingerprint density at radius 2 is 2.13 bits per heavy atom. The summed E-state index contributed by atoms with van der Waals surface area (Å²) in [6.07, 6.45) is 8.72. The van der Waals surface area contributed by atoms with Gasteiger partial charge >= 0.3 is 0 Å². The zero-order valence-corrected chi connectivity index (χ0v) is 16.5. The Morgan fingerprint density at radius 3 is 3.00 bits per heavy atom. The van der Waals surface area contributed by atoms with Crippen LogP contribution in [-0.2, 0) is 11.3 Å². The van der Waals surface area contributed by atoms with Gasteiger partial charge in [0.1, 0.15) is 17.8 Å². The van der Waals surface area contributed by atoms with Gasteiger partial charge in [-0.3, -0.25) is 9.78 Å². The van der Waals surface area contributed by atoms with Crippen molar-refractivity contribution in [1.29, 1.82) is 0 Å². The molecule has 7 nitrogen and oxygen atoms in total. The van der Waals surface area contributed by atoms with Gasteiger partial charge in [0.2, 0.25) is 5.91 Å². The molecule has 1 fully saturated rings. The lowest BCUT2D eigenvalue weighted by atomic mass is 10.1. The largest absolute Gasteiger partial charge is 0.383 e. The number of para-hydroxylation sites is 1. The molecular weight excluding hydrogens is 376 g/mol. The second-order valence-corrected chi connectivity index (χ2v) is 7.60. The first-order chi connectivity index (χ1) is 14.7. The molecule has 1 amide bonds. The van der Waals surface area contributed by atoms with Crippen LogP contribution in [0, 0.1) is 0 Å². The van der Waals surface area contributed by atoms with Gasteiger partial charge in [0.05, 0.1) is 10.9 Å². The molecule has 0 radical (unpaired) electrons. The first-order valence-corrected chi connectivity index (χ1v) is 10.0. The van der Waals surface area contributed by atoms with Crippen molar-refractivity contribution in [1.82, 2.24) is 24.4 Å². The minimum Gasteiger partial charge on any atom is -0.383 e. The van der Waals surface area contributed by atoms with Crippen LogP contribution in [0.5, 0.6) is 0 Å². The molecule has 1 aliphatic rings. The fraction of sp³-hybridized carbons (Fsp3) is 0.217. The molecule has 0 bridgehead atoms. The second kappa shape index (κ2) is 7.26. The Hall–Kier alpha value is -3.74. The van der Waals surface area contributed by atoms with Crippen LogP contribution < -0.4 is 5.73 Å². The molecule has 7 heteroatoms. The third kappa shape index (κ3) is 2.99. The van der Waals surface area contributed by atoms with E-state index in [-0.39, 0.29) is 11.9 Å². The van der Waals surface area contributed by atoms with Gasteiger partial charge in [0.15, 0.2) is 0 Å². The molecule has 4 aromatic rings. The smallest absolute Gasteiger partial charge is 0.246 e. The highest BCUT2D eigenvalue weighted by atomic mass is 16.2. The number of nitrogen functional groups attached to an aromatic ring is 1. The van der Waals surface area contributed by atoms with E-state index in [9.17, 15) is 4.79 Å². The summed E-state index contributed by atoms with van der Waals surface area (Å²) in [5.74, 6) is 0.411. The number of likely N-dealkylation sites (tertiary alicyclic amines) is 1. The van der Waals surface area contributed by atoms with E-state index < -0.39 is 0 Å². The van der Waals surface area contributed by atoms with Crippen molar-refractivity contribution in [3.63, 3.8) is 0 Å². The summed E-state index contributed by atoms with van der Waals surface area (Å²) in [6.45, 7) is 5.04. The van der Waals surface area contributed by atoms with Gasteiger partial charge in [-0.2, -0.15) is 0 Å². The first-order valence-electron chi connectivity index (χ1n) is 10.0. The number of carbonyl (C=O) groups is 1. The van der Waals surface area contributed by atoms with Gasteiger partial charge in [-0.25, -0.2) is 9.97 Å². The summed E-state index contributed by atoms with van der Waals surface area (Å²) in [4.78, 5) is 27.4. The number of fused-ring (bicyclic) bond motifs is 2. The van der Waals surface area contributed by atoms with Crippen molar-refractivity contribution in [2.75, 3.05) is 12.3 Å². The lowest BCUT2D eigenvalue weighted by Gasteiger charge is -2.24. The van der Waals surface area contributed by atoms with E-state index in [1.807, 2.05) is 35.4 Å². The van der Waals surface area contributed by atoms with Crippen molar-refractivity contribution in [3.05, 3.63) is 61.7 Å². The second-order valence-electron chi connectivity index (χ2n) is 7.60. The quantitative estimate of drug-likeness (QED) is 0.532. The molecule has 3 aromatic heterocycles. The molecular formula is C23H22N6O. The lowest BCUT2D eigenvalue weighted by molar-refractivity contribution is -0.126. The normalized spacial score (nSPS) is 16.4. The summed E-state index contributed by atoms with van der Waals surface area (Å²) in [5.41, 5.74) is 9.88. The number of aromatic nitrogens is 4. The fourth-order valence-corrected chi connectivity index (χ4v) is 4.38. The Bertz CT molecular complexity index is 1280. The minimum absolute atomic E-state index is 0.0259. The number of carbonyl (C=O) groups excluding carboxylic acids is 1. The lowest BCUT2D eigenvalue weighted by Crippen LogP contribution is -2.36. The van der Waals surface area contributed by atoms with Crippen LogP contribution in [0.2, 0.25) is 0 Å². The maximum absolute atomic E-state index is 12.2. The number of nitrogens with two attached hydrogens (primary N) is 1. The van der Waals surface area contributed by atoms with Crippen LogP contribution in [0.4, 0.5) is 5.82 Å². The zero-order valence-electron chi connectivity index (χ0n) is 16.5. The summed E-state index contributed by atoms with van der Waals surface area (Å²) in [6, 6.07) is 10.2. The molecule has 1 atom stereocenters. The van der Waals surface area contributed by atoms with Crippen molar-refractivity contribution >= 4 is 33.7 Å². The standard InChI is InChI=1S/C23H22N6O/c1-2-20(30)29-9-5-7-17(29)12-28-13-18(21-22(24)26-14-27-23(21)28)16-10-15-6-3-4-8-19(15)25-11-16/h2-4,6,8,10-11,13-14,17H,1,5,7,9,12H2,(H2,24,26,27)/t17-/m1/s1. The highest BCUT2D eigenvalue weighted by Gasteiger charge is 2.28. The summed E-state index contributed by atoms with van der Waals surface area (Å²) in [5, 5.41) is 1.87. The number of hydrogen-bond acceptors (Lipinski definition) is 5. The summed E-state index contributed by atoms with van der Waals surface area (Å²) >= 11 is 0. The van der Waals surface area contributed by atoms with Crippen LogP contribution >= 0.6 is 0 Å². The molecule has 150 valence electrons. The Morgan fingerprint density at radius 1 is 1.27 bits per heavy atom. The van der Waals surface area contributed by atoms with Gasteiger partial charge in [-0.05, 0) is 31.1 Å². The number of amides is 1. The summed E-state index contributed by atoms with van der Waals surface area (Å²) in [7, 11) is 0. The third-order valence-corrected chi connectivity index (χ3v) is 5.83. The van der Waals surface area contributed by atoms with Gasteiger partial charge in [-0.15, -0.1) is 0 Å². The predicted octanol–water partition coefficient (Wildman–Crippen LogP) is 3.41. The van der Waals surface area contributed by atoms with Crippen LogP contribution in [0.25, 0.3) is 33.1 Å². The Balaban J connectivity index is 1.61. The molecule has 0 unspecified atom stereocenters. The van der Waals surface area contributed by atoms with Crippen molar-refractivity contribution in [2.24, 2.45) is 0 Å². The van der Waals surface area contributed by atoms with E-state index in [1.54, 1.807) is 0 Å². The van der Waals surface area contributed by atoms with Crippen LogP contribution in [0.1, 0.15) is 12.8 Å². The van der Waals surface area contributed by atoms with E-state index >= 15 is 0 Å². The molecule has 4 heterocycles. The first kappa shape index (κ1) is 18.3. The number of nitrogens with zero attached hydrogens (tertiary/aromatic N) is 5. The monoisotopic (exact) mass is 398 g/mol. The molecule has 0 spiro atoms. The minimum atomic E-state index is -0.0259. The average Bonchev–Trinajstić information content (AvgIpc) is 3.39. The molecule has 1 saturated heterocycles. The third-order valence-electron chi connectivity index (χ3n) is 5.83. The van der Waals surface area contributed by atoms with Crippen LogP contribution in [0.3, 0.4) is 0 Å². The van der Waals surface area contributed by atoms with Gasteiger partial charge in [-0.1, -0.05) is 24.8 Å². The number of benzene rings is 1. The molecule has 0 saturated carbocycles. The van der Waals surface area contributed by atoms with Gasteiger partial charge < -0.3 is 15.2 Å². The van der Waals surface area contributed by atoms with E-state index in [0.29, 0.717) is 12.4 Å². The fourth-order valence-electron chi connectivity index (χ4n) is 4.38. The number of rotatable bonds is 4. The molecule has 1 aromatic carbocycles. The zero-order chi connectivity index (χ0) is 20.7. The molecule has 0 aliphatic carbocycles. The summed E-state index contributed by atoms with van der Waals surface area (Å²) < 4.78 is 2.08. The average molecular weight is 398 g/mol. The maximum atomic E-state index is 12.2. The van der Waals surface area contributed by atoms with E-state index in [2.05, 4.69) is 38.4 Å². The van der Waals surface area contributed by atoms with E-state index in [4.69, 9.17) is 5.73 Å². The van der Waals surface area contributed by atoms with Crippen molar-refractivity contribution < 1.29 is 4.79 Å². The SMILES string of the molecule is C=CC(=O)N1CCC[C@@H]1Cn1cc(-c2cnc3ccccc3c2)c2c(N)ncnc21. The highest BCUT2D eigenvalue weighted by Crippen LogP contribution is 2.34. The van der Waals surface area contributed by atoms with Crippen LogP contribution in [0.15, 0.2) is 61.7 Å². The van der Waals surface area contributed by atoms with Crippen molar-refractivity contribution in [3.8, 4) is 11.1 Å². The number of anilines is 1. The molecule has 5 rings (SSSR count). The van der Waals surface area contributed by atoms with Crippen LogP contribution in [-0.4, -0.2) is 42.9 Å². The van der Waals surface area contributed by atoms with E-state index in [1.165, 1.54) is 12.4 Å². The van der Waals surface area contributed by atoms with E-state index in [0.717, 1.165) is 52.4 Å². The molecule has 1 aliphatic heterocycles. The number of pyridine rings is 1. The maximum Gasteiger partial charge on any atom is 0.246 e. The van der Waals surface area contributed by atoms with Gasteiger partial charge in [0.25, 0.3) is 0 Å². The Kier molecular flexibility index (Phi) is 4.43. The highest BCUT2D eigenvalue weighted by molar-refractivity contribution is 6.01. The molecule has 2 N–H and O–H groups in total. The molecule has 30 heavy (non-hydrogen) atoms. The topological polar surface area (TPSA) is 89.9 Å². The predicted molar refractivity (Wildman–Crippen MR) is 118 cm³/mol. The Labute approximate surface area is 173 Å². The van der Waals surface area contributed by atoms with Gasteiger partial charge in [0, 0.05) is 48.0 Å².